The largest absolute Gasteiger partial charge is 0.311 e. The summed E-state index contributed by atoms with van der Waals surface area (Å²) in [7, 11) is 4.01. The van der Waals surface area contributed by atoms with Crippen LogP contribution < -0.4 is 5.32 Å². The predicted molar refractivity (Wildman–Crippen MR) is 89.8 cm³/mol. The van der Waals surface area contributed by atoms with Gasteiger partial charge >= 0.3 is 0 Å². The SMILES string of the molecule is CN1CC[C@@H](CNCc2ccn(C)n2)[C@@H]1c1ccc(Cl)c(F)c1. The average molecular weight is 337 g/mol. The van der Waals surface area contributed by atoms with Crippen LogP contribution in [0.3, 0.4) is 0 Å². The van der Waals surface area contributed by atoms with Gasteiger partial charge in [-0.1, -0.05) is 17.7 Å². The van der Waals surface area contributed by atoms with Gasteiger partial charge in [0.1, 0.15) is 5.82 Å². The molecule has 1 aliphatic heterocycles. The maximum atomic E-state index is 13.8. The zero-order valence-corrected chi connectivity index (χ0v) is 14.2. The molecule has 2 heterocycles. The van der Waals surface area contributed by atoms with Crippen molar-refractivity contribution in [1.82, 2.24) is 20.0 Å². The van der Waals surface area contributed by atoms with Crippen molar-refractivity contribution in [3.8, 4) is 0 Å². The second kappa shape index (κ2) is 6.99. The molecule has 0 spiro atoms. The Morgan fingerprint density at radius 2 is 2.17 bits per heavy atom. The van der Waals surface area contributed by atoms with Crippen LogP contribution in [0.4, 0.5) is 4.39 Å². The van der Waals surface area contributed by atoms with Crippen molar-refractivity contribution in [2.24, 2.45) is 13.0 Å². The molecule has 4 nitrogen and oxygen atoms in total. The van der Waals surface area contributed by atoms with E-state index in [2.05, 4.69) is 22.4 Å². The van der Waals surface area contributed by atoms with Gasteiger partial charge in [-0.3, -0.25) is 9.58 Å². The molecule has 1 aromatic carbocycles. The summed E-state index contributed by atoms with van der Waals surface area (Å²) in [5.74, 6) is 0.106. The normalized spacial score (nSPS) is 21.9. The predicted octanol–water partition coefficient (Wildman–Crippen LogP) is 3.00. The number of hydrogen-bond donors (Lipinski definition) is 1. The number of aryl methyl sites for hydroxylation is 1. The Bertz CT molecular complexity index is 672. The van der Waals surface area contributed by atoms with Gasteiger partial charge in [-0.25, -0.2) is 4.39 Å². The monoisotopic (exact) mass is 336 g/mol. The second-order valence-corrected chi connectivity index (χ2v) is 6.67. The first-order valence-corrected chi connectivity index (χ1v) is 8.27. The number of hydrogen-bond acceptors (Lipinski definition) is 3. The van der Waals surface area contributed by atoms with Crippen LogP contribution in [0.1, 0.15) is 23.7 Å². The van der Waals surface area contributed by atoms with Crippen LogP contribution in [0, 0.1) is 11.7 Å². The van der Waals surface area contributed by atoms with Crippen molar-refractivity contribution in [3.05, 3.63) is 52.6 Å². The molecule has 1 N–H and O–H groups in total. The molecule has 2 aromatic rings. The highest BCUT2D eigenvalue weighted by molar-refractivity contribution is 6.30. The fourth-order valence-corrected chi connectivity index (χ4v) is 3.52. The second-order valence-electron chi connectivity index (χ2n) is 6.26. The number of likely N-dealkylation sites (tertiary alicyclic amines) is 1. The molecule has 0 saturated carbocycles. The number of aromatic nitrogens is 2. The number of halogens is 2. The van der Waals surface area contributed by atoms with E-state index in [1.807, 2.05) is 25.4 Å². The molecule has 3 rings (SSSR count). The molecule has 0 radical (unpaired) electrons. The molecule has 0 bridgehead atoms. The van der Waals surface area contributed by atoms with Crippen LogP contribution in [-0.4, -0.2) is 34.8 Å². The highest BCUT2D eigenvalue weighted by Gasteiger charge is 2.32. The lowest BCUT2D eigenvalue weighted by Gasteiger charge is -2.26. The molecule has 6 heteroatoms. The van der Waals surface area contributed by atoms with E-state index >= 15 is 0 Å². The smallest absolute Gasteiger partial charge is 0.142 e. The first-order chi connectivity index (χ1) is 11.0. The van der Waals surface area contributed by atoms with E-state index in [0.29, 0.717) is 5.92 Å². The highest BCUT2D eigenvalue weighted by atomic mass is 35.5. The van der Waals surface area contributed by atoms with Gasteiger partial charge in [-0.2, -0.15) is 5.10 Å². The lowest BCUT2D eigenvalue weighted by molar-refractivity contribution is 0.271. The summed E-state index contributed by atoms with van der Waals surface area (Å²) < 4.78 is 15.6. The lowest BCUT2D eigenvalue weighted by atomic mass is 9.93. The summed E-state index contributed by atoms with van der Waals surface area (Å²) in [5, 5.41) is 8.03. The lowest BCUT2D eigenvalue weighted by Crippen LogP contribution is -2.28. The van der Waals surface area contributed by atoms with Crippen molar-refractivity contribution in [2.45, 2.75) is 19.0 Å². The van der Waals surface area contributed by atoms with Gasteiger partial charge in [0, 0.05) is 32.4 Å². The van der Waals surface area contributed by atoms with Crippen molar-refractivity contribution >= 4 is 11.6 Å². The standard InChI is InChI=1S/C17H22ClFN4/c1-22-7-5-13(10-20-11-14-6-8-23(2)21-14)17(22)12-3-4-15(18)16(19)9-12/h3-4,6,8-9,13,17,20H,5,7,10-11H2,1-2H3/t13-,17-/m0/s1. The molecule has 1 aliphatic rings. The van der Waals surface area contributed by atoms with Gasteiger partial charge in [0.25, 0.3) is 0 Å². The zero-order valence-electron chi connectivity index (χ0n) is 13.5. The Hall–Kier alpha value is -1.43. The Morgan fingerprint density at radius 1 is 1.35 bits per heavy atom. The van der Waals surface area contributed by atoms with E-state index in [-0.39, 0.29) is 16.9 Å². The third-order valence-electron chi connectivity index (χ3n) is 4.54. The summed E-state index contributed by atoms with van der Waals surface area (Å²) in [6.45, 7) is 2.66. The molecule has 1 saturated heterocycles. The molecular weight excluding hydrogens is 315 g/mol. The third kappa shape index (κ3) is 3.74. The van der Waals surface area contributed by atoms with Crippen molar-refractivity contribution in [1.29, 1.82) is 0 Å². The van der Waals surface area contributed by atoms with Gasteiger partial charge in [0.05, 0.1) is 10.7 Å². The molecule has 23 heavy (non-hydrogen) atoms. The van der Waals surface area contributed by atoms with Crippen LogP contribution in [0.15, 0.2) is 30.5 Å². The Morgan fingerprint density at radius 3 is 2.87 bits per heavy atom. The highest BCUT2D eigenvalue weighted by Crippen LogP contribution is 2.36. The zero-order chi connectivity index (χ0) is 16.4. The van der Waals surface area contributed by atoms with Crippen molar-refractivity contribution < 1.29 is 4.39 Å². The molecule has 0 amide bonds. The number of benzene rings is 1. The van der Waals surface area contributed by atoms with Gasteiger partial charge < -0.3 is 5.32 Å². The van der Waals surface area contributed by atoms with Gasteiger partial charge in [0.2, 0.25) is 0 Å². The summed E-state index contributed by atoms with van der Waals surface area (Å²) in [6.07, 6.45) is 3.04. The summed E-state index contributed by atoms with van der Waals surface area (Å²) in [4.78, 5) is 2.29. The van der Waals surface area contributed by atoms with Gasteiger partial charge in [-0.05, 0) is 49.7 Å². The van der Waals surface area contributed by atoms with Crippen LogP contribution in [0.25, 0.3) is 0 Å². The molecular formula is C17H22ClFN4. The molecule has 2 atom stereocenters. The van der Waals surface area contributed by atoms with Crippen molar-refractivity contribution in [3.63, 3.8) is 0 Å². The topological polar surface area (TPSA) is 33.1 Å². The first-order valence-electron chi connectivity index (χ1n) is 7.89. The van der Waals surface area contributed by atoms with Gasteiger partial charge in [0.15, 0.2) is 0 Å². The van der Waals surface area contributed by atoms with E-state index in [1.165, 1.54) is 0 Å². The maximum absolute atomic E-state index is 13.8. The Kier molecular flexibility index (Phi) is 4.99. The molecule has 1 fully saturated rings. The average Bonchev–Trinajstić information content (AvgIpc) is 3.09. The fraction of sp³-hybridized carbons (Fsp3) is 0.471. The van der Waals surface area contributed by atoms with Crippen LogP contribution in [0.2, 0.25) is 5.02 Å². The number of nitrogens with zero attached hydrogens (tertiary/aromatic N) is 3. The van der Waals surface area contributed by atoms with E-state index in [0.717, 1.165) is 37.3 Å². The Labute approximate surface area is 141 Å². The van der Waals surface area contributed by atoms with Crippen LogP contribution >= 0.6 is 11.6 Å². The van der Waals surface area contributed by atoms with E-state index in [1.54, 1.807) is 16.8 Å². The van der Waals surface area contributed by atoms with E-state index in [9.17, 15) is 4.39 Å². The minimum atomic E-state index is -0.343. The van der Waals surface area contributed by atoms with Crippen molar-refractivity contribution in [2.75, 3.05) is 20.1 Å². The molecule has 1 aromatic heterocycles. The van der Waals surface area contributed by atoms with Crippen LogP contribution in [0.5, 0.6) is 0 Å². The third-order valence-corrected chi connectivity index (χ3v) is 4.85. The molecule has 124 valence electrons. The fourth-order valence-electron chi connectivity index (χ4n) is 3.41. The van der Waals surface area contributed by atoms with Gasteiger partial charge in [-0.15, -0.1) is 0 Å². The maximum Gasteiger partial charge on any atom is 0.142 e. The number of rotatable bonds is 5. The Balaban J connectivity index is 1.64. The van der Waals surface area contributed by atoms with E-state index < -0.39 is 0 Å². The summed E-state index contributed by atoms with van der Waals surface area (Å²) in [5.41, 5.74) is 2.03. The van der Waals surface area contributed by atoms with E-state index in [4.69, 9.17) is 11.6 Å². The summed E-state index contributed by atoms with van der Waals surface area (Å²) >= 11 is 5.80. The quantitative estimate of drug-likeness (QED) is 0.911. The number of nitrogens with one attached hydrogen (secondary N) is 1. The summed E-state index contributed by atoms with van der Waals surface area (Å²) in [6, 6.07) is 7.39. The minimum Gasteiger partial charge on any atom is -0.311 e. The molecule has 0 unspecified atom stereocenters. The molecule has 0 aliphatic carbocycles. The first kappa shape index (κ1) is 16.4. The van der Waals surface area contributed by atoms with Crippen LogP contribution in [-0.2, 0) is 13.6 Å². The minimum absolute atomic E-state index is 0.180.